The van der Waals surface area contributed by atoms with Crippen molar-refractivity contribution in [3.05, 3.63) is 54.1 Å². The molecule has 5 heteroatoms. The fraction of sp³-hybridized carbons (Fsp3) is 0.429. The third kappa shape index (κ3) is 3.26. The van der Waals surface area contributed by atoms with Crippen molar-refractivity contribution in [1.82, 2.24) is 14.5 Å². The van der Waals surface area contributed by atoms with E-state index in [0.717, 1.165) is 55.9 Å². The van der Waals surface area contributed by atoms with E-state index in [4.69, 9.17) is 4.74 Å². The maximum Gasteiger partial charge on any atom is 0.242 e. The molecule has 2 aromatic rings. The van der Waals surface area contributed by atoms with Crippen LogP contribution in [0.4, 0.5) is 0 Å². The molecule has 1 amide bonds. The Morgan fingerprint density at radius 2 is 2.15 bits per heavy atom. The summed E-state index contributed by atoms with van der Waals surface area (Å²) in [4.78, 5) is 19.1. The van der Waals surface area contributed by atoms with Crippen molar-refractivity contribution < 1.29 is 9.53 Å². The van der Waals surface area contributed by atoms with Gasteiger partial charge in [-0.15, -0.1) is 0 Å². The molecule has 0 N–H and O–H groups in total. The number of benzene rings is 1. The highest BCUT2D eigenvalue weighted by atomic mass is 16.5. The summed E-state index contributed by atoms with van der Waals surface area (Å²) in [5, 5.41) is 0. The van der Waals surface area contributed by atoms with Gasteiger partial charge in [0.05, 0.1) is 0 Å². The fourth-order valence-electron chi connectivity index (χ4n) is 3.90. The Morgan fingerprint density at radius 1 is 1.27 bits per heavy atom. The van der Waals surface area contributed by atoms with E-state index < -0.39 is 0 Å². The number of para-hydroxylation sites is 1. The van der Waals surface area contributed by atoms with Crippen LogP contribution in [0.5, 0.6) is 5.75 Å². The summed E-state index contributed by atoms with van der Waals surface area (Å²) >= 11 is 0. The van der Waals surface area contributed by atoms with E-state index in [1.165, 1.54) is 0 Å². The molecule has 0 aliphatic carbocycles. The average Bonchev–Trinajstić information content (AvgIpc) is 3.01. The zero-order valence-corrected chi connectivity index (χ0v) is 15.2. The molecule has 1 unspecified atom stereocenters. The number of aromatic nitrogens is 2. The summed E-state index contributed by atoms with van der Waals surface area (Å²) in [6.07, 6.45) is 11.6. The molecule has 26 heavy (non-hydrogen) atoms. The highest BCUT2D eigenvalue weighted by Crippen LogP contribution is 2.36. The highest BCUT2D eigenvalue weighted by Gasteiger charge is 2.35. The summed E-state index contributed by atoms with van der Waals surface area (Å²) in [7, 11) is 0. The lowest BCUT2D eigenvalue weighted by atomic mass is 9.91. The van der Waals surface area contributed by atoms with Crippen LogP contribution in [0.1, 0.15) is 37.6 Å². The minimum atomic E-state index is -0.285. The van der Waals surface area contributed by atoms with Crippen molar-refractivity contribution in [2.24, 2.45) is 0 Å². The van der Waals surface area contributed by atoms with Crippen molar-refractivity contribution in [3.8, 4) is 5.75 Å². The van der Waals surface area contributed by atoms with E-state index in [0.29, 0.717) is 6.54 Å². The molecule has 0 bridgehead atoms. The van der Waals surface area contributed by atoms with Gasteiger partial charge in [0.2, 0.25) is 5.91 Å². The number of carbonyl (C=O) groups excluding carboxylic acids is 1. The quantitative estimate of drug-likeness (QED) is 0.852. The molecule has 1 spiro atoms. The first-order valence-electron chi connectivity index (χ1n) is 9.44. The standard InChI is InChI=1S/C21H25N3O2/c1-2-19-22-12-15-24(19)16-20(25)23-13-5-9-21(11-14-23)10-8-17-6-3-4-7-18(17)26-21/h3-4,6-8,10,12,15H,2,5,9,11,13-14,16H2,1H3. The molecule has 2 aliphatic heterocycles. The van der Waals surface area contributed by atoms with Gasteiger partial charge in [0.25, 0.3) is 0 Å². The van der Waals surface area contributed by atoms with Gasteiger partial charge in [-0.1, -0.05) is 31.2 Å². The number of likely N-dealkylation sites (tertiary alicyclic amines) is 1. The number of fused-ring (bicyclic) bond motifs is 1. The highest BCUT2D eigenvalue weighted by molar-refractivity contribution is 5.76. The molecule has 1 saturated heterocycles. The number of imidazole rings is 1. The molecule has 4 rings (SSSR count). The SMILES string of the molecule is CCc1nccn1CC(=O)N1CCCC2(C=Cc3ccccc3O2)CC1. The van der Waals surface area contributed by atoms with Crippen molar-refractivity contribution in [2.75, 3.05) is 13.1 Å². The Morgan fingerprint density at radius 3 is 3.04 bits per heavy atom. The summed E-state index contributed by atoms with van der Waals surface area (Å²) in [6.45, 7) is 3.94. The molecule has 1 aromatic carbocycles. The summed E-state index contributed by atoms with van der Waals surface area (Å²) in [6, 6.07) is 8.13. The molecule has 136 valence electrons. The van der Waals surface area contributed by atoms with Crippen molar-refractivity contribution in [1.29, 1.82) is 0 Å². The Balaban J connectivity index is 1.43. The predicted octanol–water partition coefficient (Wildman–Crippen LogP) is 3.30. The van der Waals surface area contributed by atoms with E-state index in [1.807, 2.05) is 33.9 Å². The minimum Gasteiger partial charge on any atom is -0.483 e. The van der Waals surface area contributed by atoms with E-state index in [1.54, 1.807) is 6.20 Å². The number of carbonyl (C=O) groups is 1. The molecule has 2 aliphatic rings. The predicted molar refractivity (Wildman–Crippen MR) is 101 cm³/mol. The Kier molecular flexibility index (Phi) is 4.53. The largest absolute Gasteiger partial charge is 0.483 e. The first kappa shape index (κ1) is 16.9. The molecule has 1 fully saturated rings. The van der Waals surface area contributed by atoms with E-state index >= 15 is 0 Å². The Labute approximate surface area is 154 Å². The normalized spacial score (nSPS) is 22.0. The van der Waals surface area contributed by atoms with Crippen LogP contribution in [0.25, 0.3) is 6.08 Å². The maximum atomic E-state index is 12.8. The molecule has 3 heterocycles. The van der Waals surface area contributed by atoms with Crippen LogP contribution in [0, 0.1) is 0 Å². The zero-order valence-electron chi connectivity index (χ0n) is 15.2. The third-order valence-electron chi connectivity index (χ3n) is 5.41. The zero-order chi connectivity index (χ0) is 18.0. The fourth-order valence-corrected chi connectivity index (χ4v) is 3.90. The van der Waals surface area contributed by atoms with Crippen LogP contribution in [0.15, 0.2) is 42.7 Å². The molecular formula is C21H25N3O2. The van der Waals surface area contributed by atoms with Crippen molar-refractivity contribution in [2.45, 2.75) is 44.8 Å². The van der Waals surface area contributed by atoms with Crippen LogP contribution in [0.2, 0.25) is 0 Å². The second-order valence-corrected chi connectivity index (χ2v) is 7.10. The van der Waals surface area contributed by atoms with Gasteiger partial charge in [-0.25, -0.2) is 4.98 Å². The number of hydrogen-bond donors (Lipinski definition) is 0. The summed E-state index contributed by atoms with van der Waals surface area (Å²) in [5.41, 5.74) is 0.843. The lowest BCUT2D eigenvalue weighted by Crippen LogP contribution is -2.39. The molecule has 1 atom stereocenters. The molecule has 5 nitrogen and oxygen atoms in total. The lowest BCUT2D eigenvalue weighted by Gasteiger charge is -2.34. The van der Waals surface area contributed by atoms with Gasteiger partial charge >= 0.3 is 0 Å². The number of hydrogen-bond acceptors (Lipinski definition) is 3. The topological polar surface area (TPSA) is 47.4 Å². The Bertz CT molecular complexity index is 826. The van der Waals surface area contributed by atoms with Crippen LogP contribution >= 0.6 is 0 Å². The summed E-state index contributed by atoms with van der Waals surface area (Å²) < 4.78 is 8.33. The van der Waals surface area contributed by atoms with E-state index in [2.05, 4.69) is 30.1 Å². The molecule has 0 saturated carbocycles. The average molecular weight is 351 g/mol. The van der Waals surface area contributed by atoms with Gasteiger partial charge in [0, 0.05) is 43.9 Å². The van der Waals surface area contributed by atoms with Gasteiger partial charge in [-0.2, -0.15) is 0 Å². The molecule has 0 radical (unpaired) electrons. The smallest absolute Gasteiger partial charge is 0.242 e. The van der Waals surface area contributed by atoms with Crippen molar-refractivity contribution >= 4 is 12.0 Å². The van der Waals surface area contributed by atoms with E-state index in [9.17, 15) is 4.79 Å². The maximum absolute atomic E-state index is 12.8. The first-order valence-corrected chi connectivity index (χ1v) is 9.44. The van der Waals surface area contributed by atoms with E-state index in [-0.39, 0.29) is 11.5 Å². The van der Waals surface area contributed by atoms with Gasteiger partial charge in [0.1, 0.15) is 23.7 Å². The minimum absolute atomic E-state index is 0.162. The lowest BCUT2D eigenvalue weighted by molar-refractivity contribution is -0.131. The molecule has 1 aromatic heterocycles. The number of ether oxygens (including phenoxy) is 1. The van der Waals surface area contributed by atoms with Gasteiger partial charge in [0.15, 0.2) is 0 Å². The van der Waals surface area contributed by atoms with Gasteiger partial charge in [-0.3, -0.25) is 4.79 Å². The second-order valence-electron chi connectivity index (χ2n) is 7.10. The van der Waals surface area contributed by atoms with Gasteiger partial charge < -0.3 is 14.2 Å². The van der Waals surface area contributed by atoms with Crippen LogP contribution < -0.4 is 4.74 Å². The van der Waals surface area contributed by atoms with Crippen LogP contribution in [0.3, 0.4) is 0 Å². The number of amides is 1. The number of aryl methyl sites for hydroxylation is 1. The Hall–Kier alpha value is -2.56. The monoisotopic (exact) mass is 351 g/mol. The van der Waals surface area contributed by atoms with Crippen LogP contribution in [-0.2, 0) is 17.8 Å². The third-order valence-corrected chi connectivity index (χ3v) is 5.41. The number of nitrogens with zero attached hydrogens (tertiary/aromatic N) is 3. The summed E-state index contributed by atoms with van der Waals surface area (Å²) in [5.74, 6) is 2.07. The van der Waals surface area contributed by atoms with Crippen molar-refractivity contribution in [3.63, 3.8) is 0 Å². The second kappa shape index (κ2) is 6.98. The van der Waals surface area contributed by atoms with Crippen LogP contribution in [-0.4, -0.2) is 39.0 Å². The first-order chi connectivity index (χ1) is 12.7. The van der Waals surface area contributed by atoms with Gasteiger partial charge in [-0.05, 0) is 25.0 Å². The molecular weight excluding hydrogens is 326 g/mol. The number of rotatable bonds is 3.